The fourth-order valence-electron chi connectivity index (χ4n) is 3.71. The summed E-state index contributed by atoms with van der Waals surface area (Å²) in [6.07, 6.45) is 2.88. The highest BCUT2D eigenvalue weighted by Gasteiger charge is 2.26. The third-order valence-electron chi connectivity index (χ3n) is 5.24. The molecule has 134 valence electrons. The van der Waals surface area contributed by atoms with E-state index >= 15 is 0 Å². The van der Waals surface area contributed by atoms with Gasteiger partial charge in [-0.25, -0.2) is 4.79 Å². The van der Waals surface area contributed by atoms with Crippen molar-refractivity contribution in [2.45, 2.75) is 46.6 Å². The van der Waals surface area contributed by atoms with E-state index in [0.29, 0.717) is 17.2 Å². The molecule has 0 saturated heterocycles. The molecule has 2 aromatic heterocycles. The monoisotopic (exact) mass is 350 g/mol. The molecule has 0 unspecified atom stereocenters. The third-order valence-corrected chi connectivity index (χ3v) is 5.24. The second-order valence-corrected chi connectivity index (χ2v) is 7.16. The Hall–Kier alpha value is -2.69. The number of fused-ring (bicyclic) bond motifs is 2. The summed E-state index contributed by atoms with van der Waals surface area (Å²) in [5, 5.41) is 4.79. The number of aromatic nitrogens is 2. The Bertz CT molecular complexity index is 971. The lowest BCUT2D eigenvalue weighted by Crippen LogP contribution is -2.19. The van der Waals surface area contributed by atoms with Crippen molar-refractivity contribution < 1.29 is 14.1 Å². The predicted octanol–water partition coefficient (Wildman–Crippen LogP) is 4.32. The van der Waals surface area contributed by atoms with Crippen LogP contribution >= 0.6 is 0 Å². The number of carbonyl (C=O) groups is 1. The van der Waals surface area contributed by atoms with Gasteiger partial charge in [0, 0.05) is 11.1 Å². The fraction of sp³-hybridized carbons (Fsp3) is 0.381. The SMILES string of the molecule is Cc1noc(C)c1COC(=O)c1c2c(nc3ccccc13)CC[C@@H](C)C2. The average Bonchev–Trinajstić information content (AvgIpc) is 2.95. The Morgan fingerprint density at radius 1 is 1.31 bits per heavy atom. The average molecular weight is 350 g/mol. The molecule has 5 heteroatoms. The molecule has 1 aromatic carbocycles. The number of benzene rings is 1. The van der Waals surface area contributed by atoms with Crippen LogP contribution < -0.4 is 0 Å². The van der Waals surface area contributed by atoms with Crippen LogP contribution in [0.3, 0.4) is 0 Å². The maximum absolute atomic E-state index is 13.1. The van der Waals surface area contributed by atoms with Crippen molar-refractivity contribution in [2.24, 2.45) is 5.92 Å². The van der Waals surface area contributed by atoms with Crippen LogP contribution in [0.5, 0.6) is 0 Å². The van der Waals surface area contributed by atoms with E-state index in [1.807, 2.05) is 38.1 Å². The first-order chi connectivity index (χ1) is 12.5. The molecule has 0 fully saturated rings. The normalized spacial score (nSPS) is 16.5. The second kappa shape index (κ2) is 6.56. The van der Waals surface area contributed by atoms with E-state index in [0.717, 1.165) is 52.7 Å². The van der Waals surface area contributed by atoms with Crippen LogP contribution in [0.15, 0.2) is 28.8 Å². The highest BCUT2D eigenvalue weighted by atomic mass is 16.5. The minimum Gasteiger partial charge on any atom is -0.457 e. The lowest BCUT2D eigenvalue weighted by atomic mass is 9.84. The zero-order valence-corrected chi connectivity index (χ0v) is 15.3. The summed E-state index contributed by atoms with van der Waals surface area (Å²) in [4.78, 5) is 17.9. The molecule has 3 aromatic rings. The Morgan fingerprint density at radius 3 is 2.88 bits per heavy atom. The quantitative estimate of drug-likeness (QED) is 0.658. The molecular formula is C21H22N2O3. The van der Waals surface area contributed by atoms with Gasteiger partial charge in [0.15, 0.2) is 0 Å². The van der Waals surface area contributed by atoms with Gasteiger partial charge in [0.25, 0.3) is 0 Å². The topological polar surface area (TPSA) is 65.2 Å². The molecule has 0 spiro atoms. The van der Waals surface area contributed by atoms with Gasteiger partial charge in [-0.1, -0.05) is 30.3 Å². The molecule has 0 bridgehead atoms. The minimum absolute atomic E-state index is 0.168. The van der Waals surface area contributed by atoms with E-state index in [4.69, 9.17) is 14.2 Å². The minimum atomic E-state index is -0.297. The van der Waals surface area contributed by atoms with E-state index in [-0.39, 0.29) is 12.6 Å². The number of esters is 1. The summed E-state index contributed by atoms with van der Waals surface area (Å²) in [6.45, 7) is 6.07. The van der Waals surface area contributed by atoms with Crippen LogP contribution in [0.4, 0.5) is 0 Å². The summed E-state index contributed by atoms with van der Waals surface area (Å²) in [5.74, 6) is 0.930. The van der Waals surface area contributed by atoms with E-state index in [1.54, 1.807) is 0 Å². The zero-order chi connectivity index (χ0) is 18.3. The van der Waals surface area contributed by atoms with Crippen molar-refractivity contribution in [3.63, 3.8) is 0 Å². The van der Waals surface area contributed by atoms with Crippen LogP contribution in [0.2, 0.25) is 0 Å². The Balaban J connectivity index is 1.74. The molecule has 0 radical (unpaired) electrons. The molecule has 4 rings (SSSR count). The van der Waals surface area contributed by atoms with Crippen LogP contribution in [-0.4, -0.2) is 16.1 Å². The molecule has 1 aliphatic carbocycles. The molecule has 0 N–H and O–H groups in total. The Morgan fingerprint density at radius 2 is 2.12 bits per heavy atom. The number of pyridine rings is 1. The smallest absolute Gasteiger partial charge is 0.339 e. The highest BCUT2D eigenvalue weighted by Crippen LogP contribution is 2.32. The van der Waals surface area contributed by atoms with Gasteiger partial charge in [-0.3, -0.25) is 4.98 Å². The number of nitrogens with zero attached hydrogens (tertiary/aromatic N) is 2. The third kappa shape index (κ3) is 2.87. The second-order valence-electron chi connectivity index (χ2n) is 7.16. The van der Waals surface area contributed by atoms with Crippen molar-refractivity contribution >= 4 is 16.9 Å². The maximum Gasteiger partial charge on any atom is 0.339 e. The fourth-order valence-corrected chi connectivity index (χ4v) is 3.71. The van der Waals surface area contributed by atoms with Crippen molar-refractivity contribution in [2.75, 3.05) is 0 Å². The molecule has 0 amide bonds. The van der Waals surface area contributed by atoms with E-state index in [9.17, 15) is 4.79 Å². The van der Waals surface area contributed by atoms with Crippen molar-refractivity contribution in [3.05, 3.63) is 58.1 Å². The largest absolute Gasteiger partial charge is 0.457 e. The summed E-state index contributed by atoms with van der Waals surface area (Å²) in [7, 11) is 0. The highest BCUT2D eigenvalue weighted by molar-refractivity contribution is 6.05. The summed E-state index contributed by atoms with van der Waals surface area (Å²) >= 11 is 0. The summed E-state index contributed by atoms with van der Waals surface area (Å²) in [6, 6.07) is 7.80. The first-order valence-corrected chi connectivity index (χ1v) is 9.04. The van der Waals surface area contributed by atoms with Gasteiger partial charge in [0.1, 0.15) is 12.4 Å². The van der Waals surface area contributed by atoms with Gasteiger partial charge >= 0.3 is 5.97 Å². The van der Waals surface area contributed by atoms with Crippen molar-refractivity contribution in [3.8, 4) is 0 Å². The zero-order valence-electron chi connectivity index (χ0n) is 15.3. The molecule has 0 saturated carbocycles. The number of carbonyl (C=O) groups excluding carboxylic acids is 1. The summed E-state index contributed by atoms with van der Waals surface area (Å²) < 4.78 is 10.8. The lowest BCUT2D eigenvalue weighted by Gasteiger charge is -2.24. The molecule has 0 aliphatic heterocycles. The Kier molecular flexibility index (Phi) is 4.23. The molecule has 1 aliphatic rings. The van der Waals surface area contributed by atoms with Gasteiger partial charge in [-0.05, 0) is 50.7 Å². The first kappa shape index (κ1) is 16.8. The van der Waals surface area contributed by atoms with Crippen LogP contribution in [0, 0.1) is 19.8 Å². The molecule has 1 atom stereocenters. The van der Waals surface area contributed by atoms with E-state index in [2.05, 4.69) is 12.1 Å². The van der Waals surface area contributed by atoms with Crippen molar-refractivity contribution in [1.29, 1.82) is 0 Å². The van der Waals surface area contributed by atoms with Gasteiger partial charge in [0.05, 0.1) is 22.3 Å². The standard InChI is InChI=1S/C21H22N2O3/c1-12-8-9-19-16(10-12)20(15-6-4-5-7-18(15)22-19)21(24)25-11-17-13(2)23-26-14(17)3/h4-7,12H,8-11H2,1-3H3/t12-/m1/s1. The van der Waals surface area contributed by atoms with Gasteiger partial charge < -0.3 is 9.26 Å². The van der Waals surface area contributed by atoms with Gasteiger partial charge in [-0.2, -0.15) is 0 Å². The van der Waals surface area contributed by atoms with Crippen LogP contribution in [-0.2, 0) is 24.2 Å². The van der Waals surface area contributed by atoms with E-state index in [1.165, 1.54) is 0 Å². The van der Waals surface area contributed by atoms with Crippen molar-refractivity contribution in [1.82, 2.24) is 10.1 Å². The molecular weight excluding hydrogens is 328 g/mol. The number of hydrogen-bond acceptors (Lipinski definition) is 5. The molecule has 26 heavy (non-hydrogen) atoms. The number of ether oxygens (including phenoxy) is 1. The number of rotatable bonds is 3. The number of hydrogen-bond donors (Lipinski definition) is 0. The predicted molar refractivity (Wildman–Crippen MR) is 98.0 cm³/mol. The Labute approximate surface area is 152 Å². The summed E-state index contributed by atoms with van der Waals surface area (Å²) in [5.41, 5.74) is 5.19. The molecule has 5 nitrogen and oxygen atoms in total. The number of aryl methyl sites for hydroxylation is 3. The number of para-hydroxylation sites is 1. The first-order valence-electron chi connectivity index (χ1n) is 9.04. The van der Waals surface area contributed by atoms with Gasteiger partial charge in [0.2, 0.25) is 0 Å². The van der Waals surface area contributed by atoms with Crippen LogP contribution in [0.1, 0.15) is 52.0 Å². The van der Waals surface area contributed by atoms with Gasteiger partial charge in [-0.15, -0.1) is 0 Å². The lowest BCUT2D eigenvalue weighted by molar-refractivity contribution is 0.0471. The van der Waals surface area contributed by atoms with Crippen LogP contribution in [0.25, 0.3) is 10.9 Å². The maximum atomic E-state index is 13.1. The molecule has 2 heterocycles. The van der Waals surface area contributed by atoms with E-state index < -0.39 is 0 Å².